The van der Waals surface area contributed by atoms with Crippen molar-refractivity contribution in [1.82, 2.24) is 0 Å². The van der Waals surface area contributed by atoms with Gasteiger partial charge in [-0.25, -0.2) is 9.18 Å². The van der Waals surface area contributed by atoms with Gasteiger partial charge in [0.1, 0.15) is 23.2 Å². The number of ether oxygens (including phenoxy) is 1. The monoisotopic (exact) mass is 436 g/mol. The second-order valence-electron chi connectivity index (χ2n) is 6.95. The molecule has 2 aromatic rings. The summed E-state index contributed by atoms with van der Waals surface area (Å²) in [5.74, 6) is -0.642. The number of esters is 1. The van der Waals surface area contributed by atoms with E-state index in [9.17, 15) is 17.6 Å². The van der Waals surface area contributed by atoms with Crippen molar-refractivity contribution in [3.63, 3.8) is 0 Å². The van der Waals surface area contributed by atoms with Crippen LogP contribution in [-0.4, -0.2) is 26.8 Å². The van der Waals surface area contributed by atoms with Crippen LogP contribution in [0.3, 0.4) is 0 Å². The van der Waals surface area contributed by atoms with Crippen molar-refractivity contribution in [3.05, 3.63) is 58.4 Å². The highest BCUT2D eigenvalue weighted by molar-refractivity contribution is 7.90. The largest absolute Gasteiger partial charge is 0.457 e. The normalized spacial score (nSPS) is 17.6. The van der Waals surface area contributed by atoms with Gasteiger partial charge in [-0.2, -0.15) is 8.42 Å². The SMILES string of the molecule is O=C(OCc1ccc(F)cc1)c1cc2c(cc1Cl)N1CCCCCC1=NS2(=O)=O. The lowest BCUT2D eigenvalue weighted by molar-refractivity contribution is 0.0472. The lowest BCUT2D eigenvalue weighted by Gasteiger charge is -2.30. The van der Waals surface area contributed by atoms with Gasteiger partial charge in [0.05, 0.1) is 16.3 Å². The van der Waals surface area contributed by atoms with E-state index in [0.29, 0.717) is 30.1 Å². The standard InChI is InChI=1S/C20H18ClFN2O4S/c21-16-11-17-18(29(26,27)23-19-4-2-1-3-9-24(17)19)10-15(16)20(25)28-12-13-5-7-14(22)8-6-13/h5-8,10-11H,1-4,9,12H2. The van der Waals surface area contributed by atoms with E-state index in [1.807, 2.05) is 4.90 Å². The quantitative estimate of drug-likeness (QED) is 0.670. The molecule has 2 aromatic carbocycles. The number of hydrogen-bond donors (Lipinski definition) is 0. The summed E-state index contributed by atoms with van der Waals surface area (Å²) in [6, 6.07) is 8.24. The van der Waals surface area contributed by atoms with Crippen molar-refractivity contribution < 1.29 is 22.3 Å². The Balaban J connectivity index is 1.64. The highest BCUT2D eigenvalue weighted by Gasteiger charge is 2.33. The minimum absolute atomic E-state index is 0.0513. The molecule has 152 valence electrons. The summed E-state index contributed by atoms with van der Waals surface area (Å²) >= 11 is 6.31. The summed E-state index contributed by atoms with van der Waals surface area (Å²) in [5.41, 5.74) is 0.988. The molecule has 0 aliphatic carbocycles. The van der Waals surface area contributed by atoms with Crippen LogP contribution >= 0.6 is 11.6 Å². The number of rotatable bonds is 3. The first-order valence-electron chi connectivity index (χ1n) is 9.22. The number of carbonyl (C=O) groups is 1. The number of amidine groups is 1. The molecule has 2 aliphatic heterocycles. The van der Waals surface area contributed by atoms with Crippen molar-refractivity contribution in [2.75, 3.05) is 11.4 Å². The average Bonchev–Trinajstić information content (AvgIpc) is 2.91. The third-order valence-corrected chi connectivity index (χ3v) is 6.59. The maximum absolute atomic E-state index is 13.0. The summed E-state index contributed by atoms with van der Waals surface area (Å²) in [4.78, 5) is 14.3. The molecule has 1 fully saturated rings. The number of fused-ring (bicyclic) bond motifs is 3. The summed E-state index contributed by atoms with van der Waals surface area (Å²) in [7, 11) is -3.94. The second kappa shape index (κ2) is 7.76. The Hall–Kier alpha value is -2.45. The number of benzene rings is 2. The maximum atomic E-state index is 13.0. The number of nitrogens with zero attached hydrogens (tertiary/aromatic N) is 2. The molecule has 0 unspecified atom stereocenters. The molecule has 6 nitrogen and oxygen atoms in total. The fourth-order valence-electron chi connectivity index (χ4n) is 3.46. The van der Waals surface area contributed by atoms with Gasteiger partial charge < -0.3 is 9.64 Å². The van der Waals surface area contributed by atoms with E-state index in [2.05, 4.69) is 4.40 Å². The number of anilines is 1. The van der Waals surface area contributed by atoms with Gasteiger partial charge in [0.25, 0.3) is 10.0 Å². The predicted molar refractivity (Wildman–Crippen MR) is 107 cm³/mol. The summed E-state index contributed by atoms with van der Waals surface area (Å²) < 4.78 is 47.6. The van der Waals surface area contributed by atoms with Crippen LogP contribution in [-0.2, 0) is 21.4 Å². The molecule has 0 amide bonds. The molecule has 9 heteroatoms. The zero-order valence-corrected chi connectivity index (χ0v) is 17.0. The number of sulfonamides is 1. The molecule has 0 N–H and O–H groups in total. The van der Waals surface area contributed by atoms with Gasteiger partial charge in [-0.05, 0) is 42.7 Å². The molecule has 2 aliphatic rings. The molecule has 0 saturated carbocycles. The van der Waals surface area contributed by atoms with Gasteiger partial charge in [-0.15, -0.1) is 4.40 Å². The molecule has 0 bridgehead atoms. The molecular weight excluding hydrogens is 419 g/mol. The molecule has 0 atom stereocenters. The van der Waals surface area contributed by atoms with Gasteiger partial charge in [0.2, 0.25) is 0 Å². The van der Waals surface area contributed by atoms with Crippen LogP contribution in [0.4, 0.5) is 10.1 Å². The van der Waals surface area contributed by atoms with E-state index in [1.165, 1.54) is 36.4 Å². The average molecular weight is 437 g/mol. The Kier molecular flexibility index (Phi) is 5.31. The molecule has 29 heavy (non-hydrogen) atoms. The van der Waals surface area contributed by atoms with Crippen LogP contribution in [0.1, 0.15) is 41.6 Å². The zero-order chi connectivity index (χ0) is 20.6. The molecule has 1 saturated heterocycles. The van der Waals surface area contributed by atoms with E-state index < -0.39 is 21.8 Å². The van der Waals surface area contributed by atoms with E-state index in [4.69, 9.17) is 16.3 Å². The lowest BCUT2D eigenvalue weighted by Crippen LogP contribution is -2.35. The molecule has 0 spiro atoms. The predicted octanol–water partition coefficient (Wildman–Crippen LogP) is 4.32. The third-order valence-electron chi connectivity index (χ3n) is 4.94. The number of carbonyl (C=O) groups excluding carboxylic acids is 1. The van der Waals surface area contributed by atoms with Gasteiger partial charge in [0.15, 0.2) is 0 Å². The molecular formula is C20H18ClFN2O4S. The maximum Gasteiger partial charge on any atom is 0.340 e. The Bertz CT molecular complexity index is 1100. The van der Waals surface area contributed by atoms with Crippen LogP contribution in [0, 0.1) is 5.82 Å². The molecule has 4 rings (SSSR count). The first-order valence-corrected chi connectivity index (χ1v) is 11.0. The fourth-order valence-corrected chi connectivity index (χ4v) is 4.96. The van der Waals surface area contributed by atoms with Crippen LogP contribution < -0.4 is 4.90 Å². The third kappa shape index (κ3) is 4.00. The van der Waals surface area contributed by atoms with Crippen molar-refractivity contribution in [3.8, 4) is 0 Å². The van der Waals surface area contributed by atoms with Crippen molar-refractivity contribution in [2.24, 2.45) is 4.40 Å². The van der Waals surface area contributed by atoms with Crippen molar-refractivity contribution in [2.45, 2.75) is 37.2 Å². The molecule has 0 radical (unpaired) electrons. The Labute approximate surface area is 173 Å². The van der Waals surface area contributed by atoms with Crippen LogP contribution in [0.15, 0.2) is 45.7 Å². The highest BCUT2D eigenvalue weighted by Crippen LogP contribution is 2.38. The van der Waals surface area contributed by atoms with Crippen molar-refractivity contribution >= 4 is 39.1 Å². The Morgan fingerprint density at radius 2 is 1.93 bits per heavy atom. The van der Waals surface area contributed by atoms with Crippen LogP contribution in [0.5, 0.6) is 0 Å². The minimum Gasteiger partial charge on any atom is -0.457 e. The minimum atomic E-state index is -3.94. The summed E-state index contributed by atoms with van der Waals surface area (Å²) in [6.45, 7) is 0.555. The van der Waals surface area contributed by atoms with Gasteiger partial charge >= 0.3 is 5.97 Å². The molecule has 2 heterocycles. The molecule has 0 aromatic heterocycles. The second-order valence-corrected chi connectivity index (χ2v) is 8.93. The van der Waals surface area contributed by atoms with Crippen molar-refractivity contribution in [1.29, 1.82) is 0 Å². The van der Waals surface area contributed by atoms with E-state index >= 15 is 0 Å². The summed E-state index contributed by atoms with van der Waals surface area (Å²) in [6.07, 6.45) is 3.36. The first kappa shape index (κ1) is 19.8. The summed E-state index contributed by atoms with van der Waals surface area (Å²) in [5, 5.41) is 0.105. The van der Waals surface area contributed by atoms with Crippen LogP contribution in [0.2, 0.25) is 5.02 Å². The van der Waals surface area contributed by atoms with Crippen LogP contribution in [0.25, 0.3) is 0 Å². The topological polar surface area (TPSA) is 76.0 Å². The van der Waals surface area contributed by atoms with Gasteiger partial charge in [-0.1, -0.05) is 30.2 Å². The zero-order valence-electron chi connectivity index (χ0n) is 15.4. The fraction of sp³-hybridized carbons (Fsp3) is 0.300. The highest BCUT2D eigenvalue weighted by atomic mass is 35.5. The van der Waals surface area contributed by atoms with Gasteiger partial charge in [0, 0.05) is 13.0 Å². The van der Waals surface area contributed by atoms with Gasteiger partial charge in [-0.3, -0.25) is 0 Å². The lowest BCUT2D eigenvalue weighted by atomic mass is 10.1. The van der Waals surface area contributed by atoms with E-state index in [-0.39, 0.29) is 22.1 Å². The number of halogens is 2. The Morgan fingerprint density at radius 1 is 1.17 bits per heavy atom. The number of hydrogen-bond acceptors (Lipinski definition) is 5. The van der Waals surface area contributed by atoms with E-state index in [1.54, 1.807) is 0 Å². The Morgan fingerprint density at radius 3 is 2.69 bits per heavy atom. The smallest absolute Gasteiger partial charge is 0.340 e. The van der Waals surface area contributed by atoms with E-state index in [0.717, 1.165) is 19.3 Å². The first-order chi connectivity index (χ1) is 13.8.